The number of benzene rings is 1. The largest absolute Gasteiger partial charge is 0.339 e. The molecule has 0 N–H and O–H groups in total. The minimum Gasteiger partial charge on any atom is -0.339 e. The van der Waals surface area contributed by atoms with Gasteiger partial charge in [-0.1, -0.05) is 30.3 Å². The lowest BCUT2D eigenvalue weighted by molar-refractivity contribution is -0.132. The van der Waals surface area contributed by atoms with Gasteiger partial charge in [0.2, 0.25) is 5.91 Å². The second-order valence-corrected chi connectivity index (χ2v) is 6.82. The Morgan fingerprint density at radius 1 is 1.12 bits per heavy atom. The minimum atomic E-state index is 0.112. The van der Waals surface area contributed by atoms with Crippen LogP contribution in [0.4, 0.5) is 0 Å². The summed E-state index contributed by atoms with van der Waals surface area (Å²) in [6.45, 7) is 3.93. The van der Waals surface area contributed by atoms with Gasteiger partial charge in [0.05, 0.1) is 0 Å². The molecule has 0 aliphatic carbocycles. The summed E-state index contributed by atoms with van der Waals surface area (Å²) in [4.78, 5) is 17.2. The van der Waals surface area contributed by atoms with Gasteiger partial charge in [0.1, 0.15) is 12.9 Å². The fourth-order valence-corrected chi connectivity index (χ4v) is 3.89. The number of carbonyl (C=O) groups excluding carboxylic acids is 1. The van der Waals surface area contributed by atoms with E-state index in [9.17, 15) is 4.79 Å². The molecule has 2 atom stereocenters. The number of amides is 1. The van der Waals surface area contributed by atoms with Gasteiger partial charge in [0.25, 0.3) is 0 Å². The van der Waals surface area contributed by atoms with E-state index >= 15 is 0 Å². The summed E-state index contributed by atoms with van der Waals surface area (Å²) in [5.74, 6) is 0.672. The second kappa shape index (κ2) is 6.68. The molecule has 0 saturated carbocycles. The van der Waals surface area contributed by atoms with Crippen LogP contribution in [0.3, 0.4) is 0 Å². The molecule has 0 spiro atoms. The Balaban J connectivity index is 1.43. The van der Waals surface area contributed by atoms with E-state index in [0.29, 0.717) is 12.0 Å². The van der Waals surface area contributed by atoms with E-state index in [4.69, 9.17) is 0 Å². The van der Waals surface area contributed by atoms with Crippen LogP contribution in [0, 0.1) is 5.92 Å². The smallest absolute Gasteiger partial charge is 0.244 e. The summed E-state index contributed by atoms with van der Waals surface area (Å²) >= 11 is 0. The molecule has 3 aliphatic rings. The van der Waals surface area contributed by atoms with Crippen molar-refractivity contribution < 1.29 is 4.79 Å². The third-order valence-corrected chi connectivity index (χ3v) is 5.10. The normalized spacial score (nSPS) is 24.1. The Labute approximate surface area is 141 Å². The van der Waals surface area contributed by atoms with Crippen molar-refractivity contribution in [3.63, 3.8) is 0 Å². The summed E-state index contributed by atoms with van der Waals surface area (Å²) in [5, 5.41) is 11.0. The topological polar surface area (TPSA) is 67.2 Å². The summed E-state index contributed by atoms with van der Waals surface area (Å²) in [6.07, 6.45) is 3.88. The highest BCUT2D eigenvalue weighted by Crippen LogP contribution is 2.29. The van der Waals surface area contributed by atoms with Gasteiger partial charge in [-0.2, -0.15) is 0 Å². The molecule has 1 aromatic carbocycles. The molecule has 2 bridgehead atoms. The molecule has 24 heavy (non-hydrogen) atoms. The van der Waals surface area contributed by atoms with E-state index in [-0.39, 0.29) is 12.5 Å². The first kappa shape index (κ1) is 15.3. The highest BCUT2D eigenvalue weighted by molar-refractivity contribution is 5.76. The van der Waals surface area contributed by atoms with Gasteiger partial charge in [0.15, 0.2) is 0 Å². The summed E-state index contributed by atoms with van der Waals surface area (Å²) in [5.41, 5.74) is 1.34. The molecule has 4 heterocycles. The molecule has 3 fully saturated rings. The van der Waals surface area contributed by atoms with Crippen LogP contribution in [-0.4, -0.2) is 61.6 Å². The minimum absolute atomic E-state index is 0.112. The molecule has 2 aromatic rings. The lowest BCUT2D eigenvalue weighted by Crippen LogP contribution is -2.44. The number of hydrogen-bond donors (Lipinski definition) is 0. The highest BCUT2D eigenvalue weighted by atomic mass is 16.2. The monoisotopic (exact) mass is 326 g/mol. The predicted molar refractivity (Wildman–Crippen MR) is 87.8 cm³/mol. The molecule has 126 valence electrons. The molecule has 0 radical (unpaired) electrons. The molecule has 7 heteroatoms. The van der Waals surface area contributed by atoms with Gasteiger partial charge in [-0.3, -0.25) is 9.69 Å². The van der Waals surface area contributed by atoms with Crippen molar-refractivity contribution in [1.29, 1.82) is 0 Å². The first-order valence-electron chi connectivity index (χ1n) is 8.54. The SMILES string of the molecule is O=C(Cn1cnnn1)N1C[C@@H]2CC[C@H](C1)N(Cc1ccccc1)C2. The van der Waals surface area contributed by atoms with Gasteiger partial charge < -0.3 is 4.90 Å². The maximum atomic E-state index is 12.6. The van der Waals surface area contributed by atoms with Crippen LogP contribution in [0.15, 0.2) is 36.7 Å². The number of rotatable bonds is 4. The van der Waals surface area contributed by atoms with E-state index < -0.39 is 0 Å². The Bertz CT molecular complexity index is 674. The quantitative estimate of drug-likeness (QED) is 0.831. The van der Waals surface area contributed by atoms with E-state index in [0.717, 1.165) is 26.2 Å². The lowest BCUT2D eigenvalue weighted by atomic mass is 9.94. The van der Waals surface area contributed by atoms with Crippen LogP contribution in [0.25, 0.3) is 0 Å². The maximum absolute atomic E-state index is 12.6. The fraction of sp³-hybridized carbons (Fsp3) is 0.529. The molecule has 3 saturated heterocycles. The lowest BCUT2D eigenvalue weighted by Gasteiger charge is -2.36. The Hall–Kier alpha value is -2.28. The van der Waals surface area contributed by atoms with E-state index in [2.05, 4.69) is 50.8 Å². The predicted octanol–water partition coefficient (Wildman–Crippen LogP) is 0.796. The zero-order chi connectivity index (χ0) is 16.4. The van der Waals surface area contributed by atoms with Crippen LogP contribution >= 0.6 is 0 Å². The Morgan fingerprint density at radius 2 is 2.00 bits per heavy atom. The number of fused-ring (bicyclic) bond motifs is 4. The molecule has 7 nitrogen and oxygen atoms in total. The average Bonchev–Trinajstić information content (AvgIpc) is 2.93. The summed E-state index contributed by atoms with van der Waals surface area (Å²) in [7, 11) is 0. The third kappa shape index (κ3) is 3.31. The van der Waals surface area contributed by atoms with Crippen molar-refractivity contribution in [2.24, 2.45) is 5.92 Å². The van der Waals surface area contributed by atoms with E-state index in [1.54, 1.807) is 0 Å². The molecule has 1 aromatic heterocycles. The van der Waals surface area contributed by atoms with Crippen LogP contribution in [0.1, 0.15) is 18.4 Å². The van der Waals surface area contributed by atoms with Crippen molar-refractivity contribution in [1.82, 2.24) is 30.0 Å². The van der Waals surface area contributed by atoms with Crippen LogP contribution < -0.4 is 0 Å². The maximum Gasteiger partial charge on any atom is 0.244 e. The van der Waals surface area contributed by atoms with Crippen molar-refractivity contribution in [2.45, 2.75) is 32.0 Å². The molecule has 5 rings (SSSR count). The van der Waals surface area contributed by atoms with Crippen molar-refractivity contribution in [3.8, 4) is 0 Å². The van der Waals surface area contributed by atoms with E-state index in [1.807, 2.05) is 4.90 Å². The standard InChI is InChI=1S/C17H22N6O/c24-17(12-23-13-18-19-20-23)22-10-15-6-7-16(11-22)21(9-15)8-14-4-2-1-3-5-14/h1-5,13,15-16H,6-12H2/t15-,16-/m1/s1. The van der Waals surface area contributed by atoms with Crippen molar-refractivity contribution in [2.75, 3.05) is 19.6 Å². The molecular weight excluding hydrogens is 304 g/mol. The van der Waals surface area contributed by atoms with Gasteiger partial charge in [0, 0.05) is 32.2 Å². The fourth-order valence-electron chi connectivity index (χ4n) is 3.89. The van der Waals surface area contributed by atoms with Crippen LogP contribution in [-0.2, 0) is 17.9 Å². The summed E-state index contributed by atoms with van der Waals surface area (Å²) < 4.78 is 1.50. The van der Waals surface area contributed by atoms with Gasteiger partial charge in [-0.15, -0.1) is 5.10 Å². The Kier molecular flexibility index (Phi) is 4.25. The van der Waals surface area contributed by atoms with E-state index in [1.165, 1.54) is 29.4 Å². The first-order chi connectivity index (χ1) is 11.8. The number of piperidine rings is 1. The molecule has 1 amide bonds. The number of tetrazole rings is 1. The first-order valence-corrected chi connectivity index (χ1v) is 8.54. The molecule has 3 aliphatic heterocycles. The van der Waals surface area contributed by atoms with Gasteiger partial charge >= 0.3 is 0 Å². The third-order valence-electron chi connectivity index (χ3n) is 5.10. The average molecular weight is 326 g/mol. The molecule has 0 unspecified atom stereocenters. The molecular formula is C17H22N6O. The van der Waals surface area contributed by atoms with Crippen molar-refractivity contribution in [3.05, 3.63) is 42.2 Å². The second-order valence-electron chi connectivity index (χ2n) is 6.82. The van der Waals surface area contributed by atoms with Gasteiger partial charge in [-0.25, -0.2) is 4.68 Å². The number of aromatic nitrogens is 4. The zero-order valence-electron chi connectivity index (χ0n) is 13.7. The number of hydrogen-bond acceptors (Lipinski definition) is 5. The Morgan fingerprint density at radius 3 is 2.79 bits per heavy atom. The van der Waals surface area contributed by atoms with Crippen LogP contribution in [0.5, 0.6) is 0 Å². The highest BCUT2D eigenvalue weighted by Gasteiger charge is 2.36. The zero-order valence-corrected chi connectivity index (χ0v) is 13.7. The number of nitrogens with zero attached hydrogens (tertiary/aromatic N) is 6. The van der Waals surface area contributed by atoms with Crippen LogP contribution in [0.2, 0.25) is 0 Å². The summed E-state index contributed by atoms with van der Waals surface area (Å²) in [6, 6.07) is 11.0. The van der Waals surface area contributed by atoms with Gasteiger partial charge in [-0.05, 0) is 34.7 Å². The van der Waals surface area contributed by atoms with Crippen molar-refractivity contribution >= 4 is 5.91 Å². The number of carbonyl (C=O) groups is 1.